The lowest BCUT2D eigenvalue weighted by atomic mass is 10.2. The summed E-state index contributed by atoms with van der Waals surface area (Å²) in [5, 5.41) is 2.59. The summed E-state index contributed by atoms with van der Waals surface area (Å²) >= 11 is 0. The first-order chi connectivity index (χ1) is 14.0. The number of ether oxygens (including phenoxy) is 3. The Morgan fingerprint density at radius 2 is 1.55 bits per heavy atom. The lowest BCUT2D eigenvalue weighted by molar-refractivity contribution is -0.119. The zero-order valence-electron chi connectivity index (χ0n) is 15.6. The second-order valence-electron chi connectivity index (χ2n) is 5.91. The van der Waals surface area contributed by atoms with Gasteiger partial charge in [-0.05, 0) is 48.5 Å². The van der Waals surface area contributed by atoms with Gasteiger partial charge in [0.15, 0.2) is 6.61 Å². The van der Waals surface area contributed by atoms with Crippen LogP contribution in [0.1, 0.15) is 10.4 Å². The highest BCUT2D eigenvalue weighted by Gasteiger charge is 2.15. The molecular formula is C22H18FNO5. The van der Waals surface area contributed by atoms with E-state index in [-0.39, 0.29) is 11.3 Å². The monoisotopic (exact) mass is 395 g/mol. The molecule has 7 heteroatoms. The molecule has 0 aliphatic rings. The molecule has 3 rings (SSSR count). The van der Waals surface area contributed by atoms with Crippen LogP contribution < -0.4 is 14.8 Å². The van der Waals surface area contributed by atoms with Gasteiger partial charge >= 0.3 is 5.97 Å². The van der Waals surface area contributed by atoms with Crippen molar-refractivity contribution in [2.24, 2.45) is 0 Å². The minimum atomic E-state index is -0.938. The van der Waals surface area contributed by atoms with Crippen molar-refractivity contribution < 1.29 is 28.2 Å². The number of para-hydroxylation sites is 1. The molecule has 0 bridgehead atoms. The van der Waals surface area contributed by atoms with Crippen molar-refractivity contribution in [1.82, 2.24) is 0 Å². The summed E-state index contributed by atoms with van der Waals surface area (Å²) < 4.78 is 29.3. The maximum Gasteiger partial charge on any atom is 0.341 e. The molecule has 0 aliphatic carbocycles. The molecule has 29 heavy (non-hydrogen) atoms. The third-order valence-electron chi connectivity index (χ3n) is 3.85. The van der Waals surface area contributed by atoms with Crippen molar-refractivity contribution in [3.05, 3.63) is 84.2 Å². The number of amides is 1. The number of hydrogen-bond acceptors (Lipinski definition) is 5. The normalized spacial score (nSPS) is 10.1. The van der Waals surface area contributed by atoms with E-state index in [4.69, 9.17) is 14.2 Å². The Morgan fingerprint density at radius 1 is 0.897 bits per heavy atom. The highest BCUT2D eigenvalue weighted by molar-refractivity contribution is 5.95. The number of rotatable bonds is 7. The second-order valence-corrected chi connectivity index (χ2v) is 5.91. The summed E-state index contributed by atoms with van der Waals surface area (Å²) in [4.78, 5) is 23.9. The molecule has 0 aliphatic heterocycles. The summed E-state index contributed by atoms with van der Waals surface area (Å²) in [5.41, 5.74) is 0.225. The topological polar surface area (TPSA) is 73.9 Å². The Balaban J connectivity index is 1.51. The summed E-state index contributed by atoms with van der Waals surface area (Å²) in [6.45, 7) is -0.549. The molecule has 1 N–H and O–H groups in total. The first kappa shape index (κ1) is 19.9. The summed E-state index contributed by atoms with van der Waals surface area (Å²) in [5.74, 6) is -0.700. The van der Waals surface area contributed by atoms with E-state index in [0.717, 1.165) is 6.07 Å². The molecular weight excluding hydrogens is 377 g/mol. The molecule has 0 atom stereocenters. The highest BCUT2D eigenvalue weighted by Crippen LogP contribution is 2.22. The number of methoxy groups -OCH3 is 1. The second kappa shape index (κ2) is 9.36. The van der Waals surface area contributed by atoms with Gasteiger partial charge in [0.1, 0.15) is 23.1 Å². The van der Waals surface area contributed by atoms with Crippen molar-refractivity contribution in [2.75, 3.05) is 19.0 Å². The Hall–Kier alpha value is -3.87. The minimum absolute atomic E-state index is 0.275. The van der Waals surface area contributed by atoms with E-state index < -0.39 is 24.3 Å². The lowest BCUT2D eigenvalue weighted by Crippen LogP contribution is -2.21. The van der Waals surface area contributed by atoms with Gasteiger partial charge in [0.05, 0.1) is 12.7 Å². The van der Waals surface area contributed by atoms with E-state index in [9.17, 15) is 14.0 Å². The Morgan fingerprint density at radius 3 is 2.21 bits per heavy atom. The van der Waals surface area contributed by atoms with Gasteiger partial charge in [0.2, 0.25) is 0 Å². The largest absolute Gasteiger partial charge is 0.497 e. The fourth-order valence-electron chi connectivity index (χ4n) is 2.43. The molecule has 3 aromatic rings. The SMILES string of the molecule is COc1ccc(C(=O)OCC(=O)Nc2ccc(Oc3ccccc3)cc2)c(F)c1. The molecule has 0 fully saturated rings. The molecule has 0 spiro atoms. The van der Waals surface area contributed by atoms with E-state index in [2.05, 4.69) is 5.32 Å². The number of anilines is 1. The molecule has 0 radical (unpaired) electrons. The molecule has 0 unspecified atom stereocenters. The van der Waals surface area contributed by atoms with Gasteiger partial charge in [-0.3, -0.25) is 4.79 Å². The molecule has 1 amide bonds. The van der Waals surface area contributed by atoms with E-state index in [1.54, 1.807) is 24.3 Å². The van der Waals surface area contributed by atoms with Crippen LogP contribution in [0.15, 0.2) is 72.8 Å². The third-order valence-corrected chi connectivity index (χ3v) is 3.85. The predicted molar refractivity (Wildman–Crippen MR) is 105 cm³/mol. The molecule has 0 heterocycles. The third kappa shape index (κ3) is 5.55. The van der Waals surface area contributed by atoms with Gasteiger partial charge in [-0.15, -0.1) is 0 Å². The zero-order valence-corrected chi connectivity index (χ0v) is 15.6. The summed E-state index contributed by atoms with van der Waals surface area (Å²) in [7, 11) is 1.39. The molecule has 0 saturated heterocycles. The van der Waals surface area contributed by atoms with Crippen LogP contribution in [0.5, 0.6) is 17.2 Å². The van der Waals surface area contributed by atoms with Gasteiger partial charge in [0.25, 0.3) is 5.91 Å². The zero-order chi connectivity index (χ0) is 20.6. The van der Waals surface area contributed by atoms with Crippen LogP contribution in [0.4, 0.5) is 10.1 Å². The Bertz CT molecular complexity index is 990. The van der Waals surface area contributed by atoms with Crippen molar-refractivity contribution in [3.63, 3.8) is 0 Å². The number of esters is 1. The number of nitrogens with one attached hydrogen (secondary N) is 1. The molecule has 0 aromatic heterocycles. The average molecular weight is 395 g/mol. The summed E-state index contributed by atoms with van der Waals surface area (Å²) in [6, 6.07) is 19.7. The highest BCUT2D eigenvalue weighted by atomic mass is 19.1. The van der Waals surface area contributed by atoms with Gasteiger partial charge in [0, 0.05) is 11.8 Å². The van der Waals surface area contributed by atoms with Crippen LogP contribution in [-0.4, -0.2) is 25.6 Å². The quantitative estimate of drug-likeness (QED) is 0.600. The van der Waals surface area contributed by atoms with Crippen molar-refractivity contribution in [3.8, 4) is 17.2 Å². The van der Waals surface area contributed by atoms with Crippen LogP contribution in [0, 0.1) is 5.82 Å². The predicted octanol–water partition coefficient (Wildman–Crippen LogP) is 4.42. The fraction of sp³-hybridized carbons (Fsp3) is 0.0909. The first-order valence-corrected chi connectivity index (χ1v) is 8.68. The maximum atomic E-state index is 13.9. The molecule has 148 valence electrons. The van der Waals surface area contributed by atoms with Crippen LogP contribution in [0.2, 0.25) is 0 Å². The summed E-state index contributed by atoms with van der Waals surface area (Å²) in [6.07, 6.45) is 0. The number of carbonyl (C=O) groups is 2. The molecule has 6 nitrogen and oxygen atoms in total. The van der Waals surface area contributed by atoms with E-state index in [1.165, 1.54) is 19.2 Å². The van der Waals surface area contributed by atoms with Crippen molar-refractivity contribution >= 4 is 17.6 Å². The van der Waals surface area contributed by atoms with Crippen LogP contribution in [0.3, 0.4) is 0 Å². The van der Waals surface area contributed by atoms with Crippen molar-refractivity contribution in [2.45, 2.75) is 0 Å². The van der Waals surface area contributed by atoms with Crippen LogP contribution in [-0.2, 0) is 9.53 Å². The van der Waals surface area contributed by atoms with E-state index in [1.807, 2.05) is 30.3 Å². The number of carbonyl (C=O) groups excluding carboxylic acids is 2. The standard InChI is InChI=1S/C22H18FNO5/c1-27-18-11-12-19(20(23)13-18)22(26)28-14-21(25)24-15-7-9-17(10-8-15)29-16-5-3-2-4-6-16/h2-13H,14H2,1H3,(H,24,25). The number of hydrogen-bond donors (Lipinski definition) is 1. The van der Waals surface area contributed by atoms with Crippen LogP contribution >= 0.6 is 0 Å². The van der Waals surface area contributed by atoms with Gasteiger partial charge in [-0.1, -0.05) is 18.2 Å². The first-order valence-electron chi connectivity index (χ1n) is 8.68. The van der Waals surface area contributed by atoms with Gasteiger partial charge < -0.3 is 19.5 Å². The molecule has 3 aromatic carbocycles. The number of benzene rings is 3. The van der Waals surface area contributed by atoms with E-state index >= 15 is 0 Å². The smallest absolute Gasteiger partial charge is 0.341 e. The lowest BCUT2D eigenvalue weighted by Gasteiger charge is -2.09. The average Bonchev–Trinajstić information content (AvgIpc) is 2.74. The minimum Gasteiger partial charge on any atom is -0.497 e. The maximum absolute atomic E-state index is 13.9. The number of halogens is 1. The Kier molecular flexibility index (Phi) is 6.42. The van der Waals surface area contributed by atoms with Gasteiger partial charge in [-0.25, -0.2) is 9.18 Å². The van der Waals surface area contributed by atoms with Crippen molar-refractivity contribution in [1.29, 1.82) is 0 Å². The van der Waals surface area contributed by atoms with E-state index in [0.29, 0.717) is 17.2 Å². The van der Waals surface area contributed by atoms with Gasteiger partial charge in [-0.2, -0.15) is 0 Å². The Labute approximate surface area is 166 Å². The molecule has 0 saturated carbocycles. The fourth-order valence-corrected chi connectivity index (χ4v) is 2.43. The van der Waals surface area contributed by atoms with Crippen LogP contribution in [0.25, 0.3) is 0 Å².